The monoisotopic (exact) mass is 389 g/mol. The molecule has 0 atom stereocenters. The Kier molecular flexibility index (Phi) is 4.91. The number of rotatable bonds is 3. The highest BCUT2D eigenvalue weighted by molar-refractivity contribution is 6.35. The molecule has 0 aromatic heterocycles. The molecule has 0 spiro atoms. The van der Waals surface area contributed by atoms with Crippen molar-refractivity contribution in [1.82, 2.24) is 9.80 Å². The summed E-state index contributed by atoms with van der Waals surface area (Å²) in [7, 11) is 1.57. The standard InChI is InChI=1S/C24H27N3O2/c1-16-8-10-19(11-9-16)21-22(24(29)25(4)23(21)28)27-14-12-26(13-15-27)20-7-5-6-17(2)18(20)3/h5-11H,12-15H2,1-4H3. The van der Waals surface area contributed by atoms with Gasteiger partial charge >= 0.3 is 0 Å². The van der Waals surface area contributed by atoms with Gasteiger partial charge in [0.2, 0.25) is 0 Å². The van der Waals surface area contributed by atoms with E-state index in [1.807, 2.05) is 31.2 Å². The lowest BCUT2D eigenvalue weighted by molar-refractivity contribution is -0.135. The molecule has 1 saturated heterocycles. The summed E-state index contributed by atoms with van der Waals surface area (Å²) < 4.78 is 0. The number of amides is 2. The van der Waals surface area contributed by atoms with Crippen molar-refractivity contribution < 1.29 is 9.59 Å². The summed E-state index contributed by atoms with van der Waals surface area (Å²) in [5, 5.41) is 0. The van der Waals surface area contributed by atoms with Crippen molar-refractivity contribution in [1.29, 1.82) is 0 Å². The third-order valence-corrected chi connectivity index (χ3v) is 6.12. The van der Waals surface area contributed by atoms with Crippen molar-refractivity contribution in [3.63, 3.8) is 0 Å². The Hall–Kier alpha value is -3.08. The second-order valence-corrected chi connectivity index (χ2v) is 7.95. The first-order valence-corrected chi connectivity index (χ1v) is 10.1. The van der Waals surface area contributed by atoms with Gasteiger partial charge < -0.3 is 9.80 Å². The van der Waals surface area contributed by atoms with Gasteiger partial charge in [-0.15, -0.1) is 0 Å². The number of anilines is 1. The van der Waals surface area contributed by atoms with Gasteiger partial charge in [0, 0.05) is 38.9 Å². The number of aryl methyl sites for hydroxylation is 2. The number of benzene rings is 2. The summed E-state index contributed by atoms with van der Waals surface area (Å²) in [6, 6.07) is 14.2. The second-order valence-electron chi connectivity index (χ2n) is 7.95. The third-order valence-electron chi connectivity index (χ3n) is 6.12. The molecule has 0 N–H and O–H groups in total. The summed E-state index contributed by atoms with van der Waals surface area (Å²) in [6.45, 7) is 9.37. The van der Waals surface area contributed by atoms with E-state index in [1.165, 1.54) is 21.7 Å². The number of hydrogen-bond donors (Lipinski definition) is 0. The van der Waals surface area contributed by atoms with Crippen LogP contribution in [0.1, 0.15) is 22.3 Å². The van der Waals surface area contributed by atoms with Crippen molar-refractivity contribution in [2.24, 2.45) is 0 Å². The molecule has 5 heteroatoms. The lowest BCUT2D eigenvalue weighted by Crippen LogP contribution is -2.47. The molecule has 2 heterocycles. The summed E-state index contributed by atoms with van der Waals surface area (Å²) in [5.41, 5.74) is 6.84. The number of nitrogens with zero attached hydrogens (tertiary/aromatic N) is 3. The first kappa shape index (κ1) is 19.2. The Morgan fingerprint density at radius 1 is 0.759 bits per heavy atom. The van der Waals surface area contributed by atoms with Crippen molar-refractivity contribution in [2.45, 2.75) is 20.8 Å². The fourth-order valence-corrected chi connectivity index (χ4v) is 4.15. The number of carbonyl (C=O) groups excluding carboxylic acids is 2. The van der Waals surface area contributed by atoms with E-state index < -0.39 is 0 Å². The Morgan fingerprint density at radius 2 is 1.38 bits per heavy atom. The van der Waals surface area contributed by atoms with Crippen LogP contribution in [0.2, 0.25) is 0 Å². The fourth-order valence-electron chi connectivity index (χ4n) is 4.15. The molecular formula is C24H27N3O2. The molecule has 0 radical (unpaired) electrons. The maximum atomic E-state index is 12.9. The van der Waals surface area contributed by atoms with Gasteiger partial charge in [-0.1, -0.05) is 42.0 Å². The van der Waals surface area contributed by atoms with Gasteiger partial charge in [-0.05, 0) is 43.5 Å². The SMILES string of the molecule is Cc1ccc(C2=C(N3CCN(c4cccc(C)c4C)CC3)C(=O)N(C)C2=O)cc1. The van der Waals surface area contributed by atoms with Crippen LogP contribution in [-0.4, -0.2) is 54.8 Å². The van der Waals surface area contributed by atoms with Crippen molar-refractivity contribution >= 4 is 23.1 Å². The molecule has 150 valence electrons. The molecule has 0 saturated carbocycles. The zero-order chi connectivity index (χ0) is 20.7. The van der Waals surface area contributed by atoms with E-state index in [9.17, 15) is 9.59 Å². The highest BCUT2D eigenvalue weighted by Crippen LogP contribution is 2.32. The predicted octanol–water partition coefficient (Wildman–Crippen LogP) is 3.14. The topological polar surface area (TPSA) is 43.9 Å². The summed E-state index contributed by atoms with van der Waals surface area (Å²) in [6.07, 6.45) is 0. The molecule has 5 nitrogen and oxygen atoms in total. The van der Waals surface area contributed by atoms with Crippen molar-refractivity contribution in [3.8, 4) is 0 Å². The first-order valence-electron chi connectivity index (χ1n) is 10.1. The van der Waals surface area contributed by atoms with E-state index in [0.29, 0.717) is 24.4 Å². The first-order chi connectivity index (χ1) is 13.9. The van der Waals surface area contributed by atoms with Gasteiger partial charge in [0.05, 0.1) is 5.57 Å². The number of imide groups is 1. The number of likely N-dealkylation sites (N-methyl/N-ethyl adjacent to an activating group) is 1. The molecule has 2 aromatic rings. The minimum absolute atomic E-state index is 0.203. The van der Waals surface area contributed by atoms with Gasteiger partial charge in [0.15, 0.2) is 0 Å². The lowest BCUT2D eigenvalue weighted by Gasteiger charge is -2.38. The van der Waals surface area contributed by atoms with E-state index >= 15 is 0 Å². The molecule has 2 amide bonds. The molecule has 0 unspecified atom stereocenters. The molecule has 2 aliphatic heterocycles. The molecule has 0 bridgehead atoms. The van der Waals surface area contributed by atoms with E-state index in [2.05, 4.69) is 41.8 Å². The van der Waals surface area contributed by atoms with Crippen LogP contribution in [0, 0.1) is 20.8 Å². The summed E-state index contributed by atoms with van der Waals surface area (Å²) >= 11 is 0. The molecule has 4 rings (SSSR count). The second kappa shape index (κ2) is 7.39. The highest BCUT2D eigenvalue weighted by Gasteiger charge is 2.40. The Labute approximate surface area is 172 Å². The molecule has 2 aliphatic rings. The zero-order valence-electron chi connectivity index (χ0n) is 17.5. The normalized spacial score (nSPS) is 17.6. The third kappa shape index (κ3) is 3.31. The lowest BCUT2D eigenvalue weighted by atomic mass is 10.0. The largest absolute Gasteiger partial charge is 0.368 e. The van der Waals surface area contributed by atoms with Crippen molar-refractivity contribution in [3.05, 3.63) is 70.4 Å². The Balaban J connectivity index is 1.63. The van der Waals surface area contributed by atoms with Crippen LogP contribution in [0.4, 0.5) is 5.69 Å². The molecule has 0 aliphatic carbocycles. The van der Waals surface area contributed by atoms with Crippen LogP contribution < -0.4 is 4.90 Å². The van der Waals surface area contributed by atoms with Gasteiger partial charge in [0.25, 0.3) is 11.8 Å². The minimum atomic E-state index is -0.217. The van der Waals surface area contributed by atoms with E-state index in [4.69, 9.17) is 0 Å². The van der Waals surface area contributed by atoms with E-state index in [-0.39, 0.29) is 11.8 Å². The molecule has 29 heavy (non-hydrogen) atoms. The molecule has 1 fully saturated rings. The fraction of sp³-hybridized carbons (Fsp3) is 0.333. The highest BCUT2D eigenvalue weighted by atomic mass is 16.2. The van der Waals surface area contributed by atoms with Crippen LogP contribution >= 0.6 is 0 Å². The number of carbonyl (C=O) groups is 2. The van der Waals surface area contributed by atoms with Gasteiger partial charge in [-0.3, -0.25) is 14.5 Å². The average molecular weight is 389 g/mol. The maximum absolute atomic E-state index is 12.9. The van der Waals surface area contributed by atoms with Gasteiger partial charge in [-0.2, -0.15) is 0 Å². The van der Waals surface area contributed by atoms with Gasteiger partial charge in [-0.25, -0.2) is 0 Å². The van der Waals surface area contributed by atoms with E-state index in [1.54, 1.807) is 7.05 Å². The van der Waals surface area contributed by atoms with Crippen LogP contribution in [0.25, 0.3) is 5.57 Å². The number of hydrogen-bond acceptors (Lipinski definition) is 4. The smallest absolute Gasteiger partial charge is 0.277 e. The number of piperazine rings is 1. The maximum Gasteiger partial charge on any atom is 0.277 e. The predicted molar refractivity (Wildman–Crippen MR) is 116 cm³/mol. The Morgan fingerprint density at radius 3 is 2.03 bits per heavy atom. The summed E-state index contributed by atoms with van der Waals surface area (Å²) in [5.74, 6) is -0.420. The zero-order valence-corrected chi connectivity index (χ0v) is 17.5. The minimum Gasteiger partial charge on any atom is -0.368 e. The Bertz CT molecular complexity index is 999. The van der Waals surface area contributed by atoms with Crippen LogP contribution in [0.15, 0.2) is 48.2 Å². The average Bonchev–Trinajstić information content (AvgIpc) is 2.95. The molecular weight excluding hydrogens is 362 g/mol. The van der Waals surface area contributed by atoms with E-state index in [0.717, 1.165) is 24.2 Å². The quantitative estimate of drug-likeness (QED) is 0.757. The summed E-state index contributed by atoms with van der Waals surface area (Å²) in [4.78, 5) is 31.4. The van der Waals surface area contributed by atoms with Crippen LogP contribution in [-0.2, 0) is 9.59 Å². The molecule has 2 aromatic carbocycles. The van der Waals surface area contributed by atoms with Crippen molar-refractivity contribution in [2.75, 3.05) is 38.1 Å². The van der Waals surface area contributed by atoms with Gasteiger partial charge in [0.1, 0.15) is 5.70 Å². The van der Waals surface area contributed by atoms with Crippen LogP contribution in [0.5, 0.6) is 0 Å². The van der Waals surface area contributed by atoms with Crippen LogP contribution in [0.3, 0.4) is 0 Å².